The first kappa shape index (κ1) is 20.5. The third kappa shape index (κ3) is 5.09. The molecule has 8 nitrogen and oxygen atoms in total. The van der Waals surface area contributed by atoms with Crippen LogP contribution in [0.2, 0.25) is 0 Å². The second-order valence-electron chi connectivity index (χ2n) is 6.21. The van der Waals surface area contributed by atoms with Gasteiger partial charge in [0.05, 0.1) is 37.7 Å². The average molecular weight is 386 g/mol. The molecule has 1 aliphatic heterocycles. The van der Waals surface area contributed by atoms with Crippen LogP contribution in [0.15, 0.2) is 18.2 Å². The van der Waals surface area contributed by atoms with Crippen molar-refractivity contribution in [3.05, 3.63) is 23.8 Å². The van der Waals surface area contributed by atoms with Gasteiger partial charge in [-0.1, -0.05) is 0 Å². The Hall–Kier alpha value is -1.84. The largest absolute Gasteiger partial charge is 0.497 e. The van der Waals surface area contributed by atoms with Crippen LogP contribution in [0.25, 0.3) is 0 Å². The second-order valence-corrected chi connectivity index (χ2v) is 8.30. The summed E-state index contributed by atoms with van der Waals surface area (Å²) in [5, 5.41) is 2.63. The zero-order chi connectivity index (χ0) is 19.3. The van der Waals surface area contributed by atoms with Gasteiger partial charge in [-0.15, -0.1) is 0 Å². The van der Waals surface area contributed by atoms with Gasteiger partial charge in [0.15, 0.2) is 0 Å². The maximum atomic E-state index is 12.5. The van der Waals surface area contributed by atoms with Gasteiger partial charge in [0.1, 0.15) is 11.5 Å². The van der Waals surface area contributed by atoms with Crippen molar-refractivity contribution >= 4 is 15.9 Å². The third-order valence-corrected chi connectivity index (χ3v) is 5.88. The van der Waals surface area contributed by atoms with Crippen LogP contribution in [0.1, 0.15) is 24.2 Å². The number of hydrogen-bond donors (Lipinski definition) is 1. The summed E-state index contributed by atoms with van der Waals surface area (Å²) in [5.41, 5.74) is 0.319. The molecule has 1 N–H and O–H groups in total. The van der Waals surface area contributed by atoms with Gasteiger partial charge in [0, 0.05) is 25.7 Å². The molecule has 26 heavy (non-hydrogen) atoms. The Bertz CT molecular complexity index is 727. The van der Waals surface area contributed by atoms with Crippen molar-refractivity contribution in [2.45, 2.75) is 26.1 Å². The zero-order valence-electron chi connectivity index (χ0n) is 15.5. The van der Waals surface area contributed by atoms with Gasteiger partial charge in [-0.25, -0.2) is 8.42 Å². The van der Waals surface area contributed by atoms with Crippen LogP contribution in [0.5, 0.6) is 11.5 Å². The van der Waals surface area contributed by atoms with Crippen molar-refractivity contribution in [2.24, 2.45) is 0 Å². The van der Waals surface area contributed by atoms with Crippen molar-refractivity contribution in [2.75, 3.05) is 39.6 Å². The van der Waals surface area contributed by atoms with Gasteiger partial charge in [-0.3, -0.25) is 4.79 Å². The molecular formula is C17H26N2O6S. The smallest absolute Gasteiger partial charge is 0.255 e. The molecule has 0 radical (unpaired) electrons. The normalized spacial score (nSPS) is 21.2. The van der Waals surface area contributed by atoms with Crippen LogP contribution in [-0.4, -0.2) is 70.4 Å². The number of nitrogens with one attached hydrogen (secondary N) is 1. The highest BCUT2D eigenvalue weighted by Gasteiger charge is 2.30. The van der Waals surface area contributed by atoms with Gasteiger partial charge in [0.25, 0.3) is 5.91 Å². The maximum Gasteiger partial charge on any atom is 0.255 e. The lowest BCUT2D eigenvalue weighted by Gasteiger charge is -2.34. The molecular weight excluding hydrogens is 360 g/mol. The third-order valence-electron chi connectivity index (χ3n) is 4.08. The van der Waals surface area contributed by atoms with Crippen LogP contribution < -0.4 is 14.8 Å². The van der Waals surface area contributed by atoms with E-state index in [0.717, 1.165) is 0 Å². The van der Waals surface area contributed by atoms with Crippen molar-refractivity contribution in [3.63, 3.8) is 0 Å². The van der Waals surface area contributed by atoms with Gasteiger partial charge < -0.3 is 19.5 Å². The van der Waals surface area contributed by atoms with E-state index in [0.29, 0.717) is 30.2 Å². The molecule has 2 rings (SSSR count). The number of carbonyl (C=O) groups excluding carboxylic acids is 1. The first-order valence-corrected chi connectivity index (χ1v) is 10.0. The fourth-order valence-corrected chi connectivity index (χ4v) is 4.35. The van der Waals surface area contributed by atoms with Gasteiger partial charge in [-0.2, -0.15) is 4.31 Å². The molecule has 9 heteroatoms. The Morgan fingerprint density at radius 1 is 1.23 bits per heavy atom. The number of amides is 1. The Balaban J connectivity index is 1.95. The molecule has 1 heterocycles. The fourth-order valence-electron chi connectivity index (χ4n) is 2.86. The molecule has 1 aliphatic rings. The molecule has 0 unspecified atom stereocenters. The van der Waals surface area contributed by atoms with E-state index in [1.807, 2.05) is 13.8 Å². The molecule has 1 fully saturated rings. The molecule has 1 amide bonds. The summed E-state index contributed by atoms with van der Waals surface area (Å²) in [4.78, 5) is 12.3. The molecule has 146 valence electrons. The van der Waals surface area contributed by atoms with Gasteiger partial charge in [-0.05, 0) is 26.0 Å². The van der Waals surface area contributed by atoms with E-state index in [4.69, 9.17) is 14.2 Å². The summed E-state index contributed by atoms with van der Waals surface area (Å²) in [5.74, 6) is 0.358. The summed E-state index contributed by atoms with van der Waals surface area (Å²) in [6, 6.07) is 4.82. The molecule has 1 aromatic carbocycles. The molecule has 0 aliphatic carbocycles. The number of methoxy groups -OCH3 is 2. The number of ether oxygens (including phenoxy) is 3. The molecule has 0 bridgehead atoms. The lowest BCUT2D eigenvalue weighted by molar-refractivity contribution is -0.0440. The van der Waals surface area contributed by atoms with Gasteiger partial charge >= 0.3 is 0 Å². The van der Waals surface area contributed by atoms with E-state index in [1.54, 1.807) is 18.2 Å². The van der Waals surface area contributed by atoms with E-state index in [-0.39, 0.29) is 24.5 Å². The minimum Gasteiger partial charge on any atom is -0.497 e. The van der Waals surface area contributed by atoms with Crippen molar-refractivity contribution in [3.8, 4) is 11.5 Å². The first-order valence-electron chi connectivity index (χ1n) is 8.40. The second kappa shape index (κ2) is 8.70. The molecule has 0 aromatic heterocycles. The minimum absolute atomic E-state index is 0.0104. The number of sulfonamides is 1. The average Bonchev–Trinajstić information content (AvgIpc) is 2.60. The van der Waals surface area contributed by atoms with E-state index in [9.17, 15) is 13.2 Å². The monoisotopic (exact) mass is 386 g/mol. The highest BCUT2D eigenvalue weighted by atomic mass is 32.2. The quantitative estimate of drug-likeness (QED) is 0.747. The Kier molecular flexibility index (Phi) is 6.85. The van der Waals surface area contributed by atoms with Crippen LogP contribution >= 0.6 is 0 Å². The number of carbonyl (C=O) groups is 1. The molecule has 0 saturated carbocycles. The minimum atomic E-state index is -3.47. The lowest BCUT2D eigenvalue weighted by atomic mass is 10.2. The van der Waals surface area contributed by atoms with Crippen LogP contribution in [0, 0.1) is 0 Å². The highest BCUT2D eigenvalue weighted by Crippen LogP contribution is 2.24. The molecule has 1 saturated heterocycles. The fraction of sp³-hybridized carbons (Fsp3) is 0.588. The van der Waals surface area contributed by atoms with Crippen molar-refractivity contribution in [1.29, 1.82) is 0 Å². The van der Waals surface area contributed by atoms with E-state index in [1.165, 1.54) is 18.5 Å². The van der Waals surface area contributed by atoms with Crippen molar-refractivity contribution in [1.82, 2.24) is 9.62 Å². The first-order chi connectivity index (χ1) is 12.3. The number of morpholine rings is 1. The highest BCUT2D eigenvalue weighted by molar-refractivity contribution is 7.89. The standard InChI is InChI=1S/C17H26N2O6S/c1-12-10-19(11-13(2)25-12)26(21,22)8-7-18-17(20)15-6-5-14(23-3)9-16(15)24-4/h5-6,9,12-13H,7-8,10-11H2,1-4H3,(H,18,20)/t12-,13-/m0/s1. The molecule has 2 atom stereocenters. The summed E-state index contributed by atoms with van der Waals surface area (Å²) in [6.07, 6.45) is -0.293. The van der Waals surface area contributed by atoms with Crippen LogP contribution in [0.3, 0.4) is 0 Å². The predicted octanol–water partition coefficient (Wildman–Crippen LogP) is 0.873. The lowest BCUT2D eigenvalue weighted by Crippen LogP contribution is -2.49. The SMILES string of the molecule is COc1ccc(C(=O)NCCS(=O)(=O)N2C[C@H](C)O[C@@H](C)C2)c(OC)c1. The van der Waals surface area contributed by atoms with Crippen LogP contribution in [0.4, 0.5) is 0 Å². The summed E-state index contributed by atoms with van der Waals surface area (Å²) < 4.78 is 42.2. The molecule has 1 aromatic rings. The topological polar surface area (TPSA) is 94.2 Å². The molecule has 0 spiro atoms. The predicted molar refractivity (Wildman–Crippen MR) is 97.2 cm³/mol. The summed E-state index contributed by atoms with van der Waals surface area (Å²) in [7, 11) is -0.490. The van der Waals surface area contributed by atoms with Crippen molar-refractivity contribution < 1.29 is 27.4 Å². The number of benzene rings is 1. The summed E-state index contributed by atoms with van der Waals surface area (Å²) in [6.45, 7) is 4.35. The number of rotatable bonds is 7. The van der Waals surface area contributed by atoms with Gasteiger partial charge in [0.2, 0.25) is 10.0 Å². The zero-order valence-corrected chi connectivity index (χ0v) is 16.3. The Morgan fingerprint density at radius 2 is 1.88 bits per heavy atom. The number of nitrogens with zero attached hydrogens (tertiary/aromatic N) is 1. The van der Waals surface area contributed by atoms with Crippen LogP contribution in [-0.2, 0) is 14.8 Å². The van der Waals surface area contributed by atoms with E-state index < -0.39 is 15.9 Å². The van der Waals surface area contributed by atoms with E-state index in [2.05, 4.69) is 5.32 Å². The Labute approximate surface area is 154 Å². The maximum absolute atomic E-state index is 12.5. The van der Waals surface area contributed by atoms with E-state index >= 15 is 0 Å². The number of hydrogen-bond acceptors (Lipinski definition) is 6. The summed E-state index contributed by atoms with van der Waals surface area (Å²) >= 11 is 0. The Morgan fingerprint density at radius 3 is 2.46 bits per heavy atom.